The average molecular weight is 212 g/mol. The molecule has 4 nitrogen and oxygen atoms in total. The fraction of sp³-hybridized carbons (Fsp3) is 0.727. The topological polar surface area (TPSA) is 42.8 Å². The fourth-order valence-electron chi connectivity index (χ4n) is 1.30. The molecule has 1 N–H and O–H groups in total. The predicted octanol–water partition coefficient (Wildman–Crippen LogP) is 2.23. The Balaban J connectivity index is 2.31. The van der Waals surface area contributed by atoms with Gasteiger partial charge in [0.05, 0.1) is 18.1 Å². The first-order valence-electron chi connectivity index (χ1n) is 5.42. The van der Waals surface area contributed by atoms with Crippen molar-refractivity contribution in [1.29, 1.82) is 0 Å². The van der Waals surface area contributed by atoms with Crippen LogP contribution in [0.4, 0.5) is 0 Å². The minimum absolute atomic E-state index is 0.577. The van der Waals surface area contributed by atoms with Crippen LogP contribution in [0.5, 0.6) is 0 Å². The van der Waals surface area contributed by atoms with E-state index in [0.29, 0.717) is 5.92 Å². The second kappa shape index (κ2) is 6.45. The zero-order chi connectivity index (χ0) is 11.1. The van der Waals surface area contributed by atoms with Crippen LogP contribution in [0.1, 0.15) is 33.1 Å². The van der Waals surface area contributed by atoms with E-state index in [1.807, 2.05) is 0 Å². The van der Waals surface area contributed by atoms with E-state index in [9.17, 15) is 0 Å². The molecule has 0 spiro atoms. The maximum absolute atomic E-state index is 5.65. The third-order valence-corrected chi connectivity index (χ3v) is 2.09. The molecule has 0 aromatic heterocycles. The quantitative estimate of drug-likeness (QED) is 0.711. The summed E-state index contributed by atoms with van der Waals surface area (Å²) in [7, 11) is 1.69. The summed E-state index contributed by atoms with van der Waals surface area (Å²) < 4.78 is 5.65. The zero-order valence-corrected chi connectivity index (χ0v) is 9.75. The monoisotopic (exact) mass is 212 g/mol. The second-order valence-electron chi connectivity index (χ2n) is 4.03. The highest BCUT2D eigenvalue weighted by molar-refractivity contribution is 5.86. The van der Waals surface area contributed by atoms with Gasteiger partial charge in [0.2, 0.25) is 0 Å². The summed E-state index contributed by atoms with van der Waals surface area (Å²) >= 11 is 0. The van der Waals surface area contributed by atoms with Crippen LogP contribution < -0.4 is 5.48 Å². The molecule has 0 unspecified atom stereocenters. The lowest BCUT2D eigenvalue weighted by atomic mass is 10.0. The summed E-state index contributed by atoms with van der Waals surface area (Å²) in [6, 6.07) is 0. The van der Waals surface area contributed by atoms with E-state index < -0.39 is 0 Å². The fourth-order valence-corrected chi connectivity index (χ4v) is 1.30. The molecule has 1 aliphatic rings. The molecule has 86 valence electrons. The molecule has 0 saturated carbocycles. The summed E-state index contributed by atoms with van der Waals surface area (Å²) in [6.45, 7) is 5.10. The van der Waals surface area contributed by atoms with E-state index in [1.165, 1.54) is 0 Å². The third-order valence-electron chi connectivity index (χ3n) is 2.09. The van der Waals surface area contributed by atoms with Crippen molar-refractivity contribution in [2.75, 3.05) is 13.7 Å². The molecule has 0 bridgehead atoms. The maximum Gasteiger partial charge on any atom is 0.0927 e. The Morgan fingerprint density at radius 1 is 1.47 bits per heavy atom. The van der Waals surface area contributed by atoms with Crippen LogP contribution in [-0.2, 0) is 9.68 Å². The summed E-state index contributed by atoms with van der Waals surface area (Å²) in [5.41, 5.74) is 3.58. The second-order valence-corrected chi connectivity index (χ2v) is 4.03. The van der Waals surface area contributed by atoms with Crippen molar-refractivity contribution < 1.29 is 9.68 Å². The van der Waals surface area contributed by atoms with Gasteiger partial charge in [0.15, 0.2) is 0 Å². The predicted molar refractivity (Wildman–Crippen MR) is 60.3 cm³/mol. The lowest BCUT2D eigenvalue weighted by molar-refractivity contribution is 0.0633. The molecule has 0 fully saturated rings. The first-order chi connectivity index (χ1) is 7.22. The van der Waals surface area contributed by atoms with E-state index in [4.69, 9.17) is 9.68 Å². The molecule has 0 aromatic rings. The van der Waals surface area contributed by atoms with Crippen LogP contribution >= 0.6 is 0 Å². The standard InChI is InChI=1S/C11H20N2O2/c1-9(2)8-14-11-6-4-10(5-7-11)13-15-12-3/h6,9,12H,4-5,7-8H2,1-3H3/b13-10+. The number of hydrogen-bond acceptors (Lipinski definition) is 4. The van der Waals surface area contributed by atoms with Gasteiger partial charge in [0.1, 0.15) is 0 Å². The normalized spacial score (nSPS) is 19.2. The van der Waals surface area contributed by atoms with Gasteiger partial charge < -0.3 is 9.68 Å². The molecule has 0 saturated heterocycles. The molecule has 0 atom stereocenters. The number of allylic oxidation sites excluding steroid dienone is 2. The average Bonchev–Trinajstić information content (AvgIpc) is 2.25. The van der Waals surface area contributed by atoms with Gasteiger partial charge >= 0.3 is 0 Å². The number of oxime groups is 1. The first kappa shape index (κ1) is 12.0. The van der Waals surface area contributed by atoms with Gasteiger partial charge in [-0.3, -0.25) is 0 Å². The summed E-state index contributed by atoms with van der Waals surface area (Å²) in [6.07, 6.45) is 4.77. The minimum Gasteiger partial charge on any atom is -0.498 e. The van der Waals surface area contributed by atoms with Gasteiger partial charge in [-0.15, -0.1) is 5.48 Å². The zero-order valence-electron chi connectivity index (χ0n) is 9.75. The van der Waals surface area contributed by atoms with Crippen molar-refractivity contribution in [3.05, 3.63) is 11.8 Å². The Morgan fingerprint density at radius 2 is 2.27 bits per heavy atom. The molecule has 1 aliphatic carbocycles. The number of ether oxygens (including phenoxy) is 1. The number of rotatable bonds is 5. The molecule has 4 heteroatoms. The molecule has 0 amide bonds. The third kappa shape index (κ3) is 4.83. The smallest absolute Gasteiger partial charge is 0.0927 e. The van der Waals surface area contributed by atoms with Crippen LogP contribution in [0.2, 0.25) is 0 Å². The Morgan fingerprint density at radius 3 is 2.80 bits per heavy atom. The largest absolute Gasteiger partial charge is 0.498 e. The molecule has 1 rings (SSSR count). The van der Waals surface area contributed by atoms with Crippen LogP contribution in [0, 0.1) is 5.92 Å². The van der Waals surface area contributed by atoms with Crippen molar-refractivity contribution in [2.24, 2.45) is 11.1 Å². The van der Waals surface area contributed by atoms with E-state index in [1.54, 1.807) is 7.05 Å². The molecule has 0 aromatic carbocycles. The Kier molecular flexibility index (Phi) is 5.18. The van der Waals surface area contributed by atoms with Gasteiger partial charge in [-0.1, -0.05) is 19.0 Å². The van der Waals surface area contributed by atoms with Crippen LogP contribution in [0.15, 0.2) is 17.0 Å². The van der Waals surface area contributed by atoms with E-state index in [2.05, 4.69) is 30.6 Å². The van der Waals surface area contributed by atoms with Gasteiger partial charge in [-0.2, -0.15) is 0 Å². The minimum atomic E-state index is 0.577. The van der Waals surface area contributed by atoms with Crippen molar-refractivity contribution in [3.8, 4) is 0 Å². The van der Waals surface area contributed by atoms with Crippen molar-refractivity contribution in [2.45, 2.75) is 33.1 Å². The van der Waals surface area contributed by atoms with Crippen molar-refractivity contribution in [1.82, 2.24) is 5.48 Å². The summed E-state index contributed by atoms with van der Waals surface area (Å²) in [5, 5.41) is 3.94. The highest BCUT2D eigenvalue weighted by Gasteiger charge is 2.11. The van der Waals surface area contributed by atoms with Crippen LogP contribution in [0.25, 0.3) is 0 Å². The SMILES string of the molecule is CNO/N=C1\CC=C(OCC(C)C)CC1. The van der Waals surface area contributed by atoms with E-state index in [-0.39, 0.29) is 0 Å². The summed E-state index contributed by atoms with van der Waals surface area (Å²) in [4.78, 5) is 4.77. The van der Waals surface area contributed by atoms with E-state index >= 15 is 0 Å². The van der Waals surface area contributed by atoms with Crippen molar-refractivity contribution in [3.63, 3.8) is 0 Å². The van der Waals surface area contributed by atoms with Gasteiger partial charge in [-0.05, 0) is 18.4 Å². The van der Waals surface area contributed by atoms with Crippen LogP contribution in [-0.4, -0.2) is 19.4 Å². The Hall–Kier alpha value is -1.03. The number of nitrogens with one attached hydrogen (secondary N) is 1. The molecule has 0 heterocycles. The highest BCUT2D eigenvalue weighted by Crippen LogP contribution is 2.17. The highest BCUT2D eigenvalue weighted by atomic mass is 16.8. The van der Waals surface area contributed by atoms with Gasteiger partial charge in [-0.25, -0.2) is 0 Å². The molecular formula is C11H20N2O2. The van der Waals surface area contributed by atoms with Crippen LogP contribution in [0.3, 0.4) is 0 Å². The lowest BCUT2D eigenvalue weighted by Gasteiger charge is -2.16. The first-order valence-corrected chi connectivity index (χ1v) is 5.42. The number of hydrogen-bond donors (Lipinski definition) is 1. The molecule has 0 radical (unpaired) electrons. The van der Waals surface area contributed by atoms with Gasteiger partial charge in [0, 0.05) is 19.9 Å². The Bertz CT molecular complexity index is 247. The molecular weight excluding hydrogens is 192 g/mol. The molecule has 15 heavy (non-hydrogen) atoms. The molecule has 0 aliphatic heterocycles. The van der Waals surface area contributed by atoms with Gasteiger partial charge in [0.25, 0.3) is 0 Å². The number of nitrogens with zero attached hydrogens (tertiary/aromatic N) is 1. The number of hydroxylamine groups is 1. The van der Waals surface area contributed by atoms with Crippen molar-refractivity contribution >= 4 is 5.71 Å². The summed E-state index contributed by atoms with van der Waals surface area (Å²) in [5.74, 6) is 1.67. The Labute approximate surface area is 91.3 Å². The van der Waals surface area contributed by atoms with E-state index in [0.717, 1.165) is 37.3 Å². The maximum atomic E-state index is 5.65. The lowest BCUT2D eigenvalue weighted by Crippen LogP contribution is -2.11.